The minimum absolute atomic E-state index is 0.0625. The highest BCUT2D eigenvalue weighted by Crippen LogP contribution is 2.13. The van der Waals surface area contributed by atoms with E-state index in [1.165, 1.54) is 24.3 Å². The van der Waals surface area contributed by atoms with Crippen molar-refractivity contribution in [2.45, 2.75) is 6.61 Å². The number of aromatic nitrogens is 3. The van der Waals surface area contributed by atoms with Crippen molar-refractivity contribution in [2.75, 3.05) is 0 Å². The van der Waals surface area contributed by atoms with E-state index in [9.17, 15) is 14.9 Å². The number of esters is 1. The van der Waals surface area contributed by atoms with Crippen molar-refractivity contribution >= 4 is 11.7 Å². The molecule has 0 fully saturated rings. The number of rotatable bonds is 5. The number of non-ortho nitro benzene ring substituents is 1. The van der Waals surface area contributed by atoms with E-state index in [0.29, 0.717) is 5.82 Å². The summed E-state index contributed by atoms with van der Waals surface area (Å²) in [5.74, 6) is 0.154. The lowest BCUT2D eigenvalue weighted by Gasteiger charge is -2.06. The highest BCUT2D eigenvalue weighted by molar-refractivity contribution is 5.89. The summed E-state index contributed by atoms with van der Waals surface area (Å²) in [5, 5.41) is 10.6. The van der Waals surface area contributed by atoms with Crippen LogP contribution < -0.4 is 0 Å². The second-order valence-corrected chi connectivity index (χ2v) is 4.87. The van der Waals surface area contributed by atoms with Gasteiger partial charge in [-0.05, 0) is 18.2 Å². The van der Waals surface area contributed by atoms with Crippen LogP contribution in [0.1, 0.15) is 15.9 Å². The maximum absolute atomic E-state index is 11.9. The molecule has 0 saturated heterocycles. The SMILES string of the molecule is O=C(OCc1ccc(-n2ccnc2)nc1)c1ccc([N+](=O)[O-])cc1. The molecule has 0 amide bonds. The van der Waals surface area contributed by atoms with Crippen molar-refractivity contribution in [3.63, 3.8) is 0 Å². The summed E-state index contributed by atoms with van der Waals surface area (Å²) in [4.78, 5) is 30.2. The Kier molecular flexibility index (Phi) is 4.28. The van der Waals surface area contributed by atoms with E-state index in [1.54, 1.807) is 41.6 Å². The van der Waals surface area contributed by atoms with Crippen LogP contribution in [0.5, 0.6) is 0 Å². The van der Waals surface area contributed by atoms with Crippen molar-refractivity contribution in [1.29, 1.82) is 0 Å². The predicted octanol–water partition coefficient (Wildman–Crippen LogP) is 2.53. The summed E-state index contributed by atoms with van der Waals surface area (Å²) < 4.78 is 6.93. The Morgan fingerprint density at radius 1 is 1.21 bits per heavy atom. The number of nitrogens with zero attached hydrogens (tertiary/aromatic N) is 4. The van der Waals surface area contributed by atoms with Crippen LogP contribution in [0.25, 0.3) is 5.82 Å². The van der Waals surface area contributed by atoms with Crippen LogP contribution in [0.4, 0.5) is 5.69 Å². The highest BCUT2D eigenvalue weighted by atomic mass is 16.6. The third-order valence-electron chi connectivity index (χ3n) is 3.26. The van der Waals surface area contributed by atoms with E-state index in [4.69, 9.17) is 4.74 Å². The van der Waals surface area contributed by atoms with Gasteiger partial charge in [-0.25, -0.2) is 14.8 Å². The molecule has 0 aliphatic carbocycles. The number of carbonyl (C=O) groups excluding carboxylic acids is 1. The van der Waals surface area contributed by atoms with Gasteiger partial charge in [0, 0.05) is 36.3 Å². The lowest BCUT2D eigenvalue weighted by atomic mass is 10.2. The number of ether oxygens (including phenoxy) is 1. The molecule has 0 unspecified atom stereocenters. The van der Waals surface area contributed by atoms with Crippen LogP contribution in [0.3, 0.4) is 0 Å². The lowest BCUT2D eigenvalue weighted by Crippen LogP contribution is -2.06. The number of imidazole rings is 1. The first-order chi connectivity index (χ1) is 11.6. The molecule has 24 heavy (non-hydrogen) atoms. The van der Waals surface area contributed by atoms with Gasteiger partial charge in [-0.15, -0.1) is 0 Å². The molecule has 8 heteroatoms. The molecular weight excluding hydrogens is 312 g/mol. The number of nitro benzene ring substituents is 1. The van der Waals surface area contributed by atoms with Crippen LogP contribution in [0.2, 0.25) is 0 Å². The van der Waals surface area contributed by atoms with E-state index >= 15 is 0 Å². The summed E-state index contributed by atoms with van der Waals surface area (Å²) in [7, 11) is 0. The van der Waals surface area contributed by atoms with Crippen molar-refractivity contribution in [1.82, 2.24) is 14.5 Å². The second-order valence-electron chi connectivity index (χ2n) is 4.87. The van der Waals surface area contributed by atoms with Crippen molar-refractivity contribution in [3.05, 3.63) is 82.6 Å². The van der Waals surface area contributed by atoms with E-state index in [2.05, 4.69) is 9.97 Å². The number of benzene rings is 1. The monoisotopic (exact) mass is 324 g/mol. The quantitative estimate of drug-likeness (QED) is 0.406. The first-order valence-electron chi connectivity index (χ1n) is 6.98. The Bertz CT molecular complexity index is 843. The number of pyridine rings is 1. The first kappa shape index (κ1) is 15.3. The zero-order valence-electron chi connectivity index (χ0n) is 12.4. The van der Waals surface area contributed by atoms with Crippen molar-refractivity contribution in [3.8, 4) is 5.82 Å². The summed E-state index contributed by atoms with van der Waals surface area (Å²) in [6, 6.07) is 8.83. The molecule has 1 aromatic carbocycles. The Morgan fingerprint density at radius 3 is 2.58 bits per heavy atom. The van der Waals surface area contributed by atoms with Gasteiger partial charge in [0.1, 0.15) is 18.8 Å². The van der Waals surface area contributed by atoms with Crippen molar-refractivity contribution < 1.29 is 14.5 Å². The third-order valence-corrected chi connectivity index (χ3v) is 3.26. The molecule has 8 nitrogen and oxygen atoms in total. The molecule has 120 valence electrons. The number of hydrogen-bond donors (Lipinski definition) is 0. The fourth-order valence-electron chi connectivity index (χ4n) is 2.00. The van der Waals surface area contributed by atoms with Gasteiger partial charge < -0.3 is 4.74 Å². The lowest BCUT2D eigenvalue weighted by molar-refractivity contribution is -0.384. The van der Waals surface area contributed by atoms with Gasteiger partial charge in [-0.2, -0.15) is 0 Å². The van der Waals surface area contributed by atoms with Gasteiger partial charge >= 0.3 is 5.97 Å². The average molecular weight is 324 g/mol. The van der Waals surface area contributed by atoms with E-state index < -0.39 is 10.9 Å². The Morgan fingerprint density at radius 2 is 2.00 bits per heavy atom. The smallest absolute Gasteiger partial charge is 0.338 e. The van der Waals surface area contributed by atoms with Crippen LogP contribution in [0, 0.1) is 10.1 Å². The fourth-order valence-corrected chi connectivity index (χ4v) is 2.00. The molecule has 0 N–H and O–H groups in total. The van der Waals surface area contributed by atoms with Crippen molar-refractivity contribution in [2.24, 2.45) is 0 Å². The molecule has 0 bridgehead atoms. The summed E-state index contributed by atoms with van der Waals surface area (Å²) in [6.45, 7) is 0.0625. The molecule has 3 aromatic rings. The van der Waals surface area contributed by atoms with E-state index in [0.717, 1.165) is 5.56 Å². The third kappa shape index (κ3) is 3.43. The molecule has 2 heterocycles. The first-order valence-corrected chi connectivity index (χ1v) is 6.98. The van der Waals surface area contributed by atoms with Gasteiger partial charge in [-0.3, -0.25) is 14.7 Å². The average Bonchev–Trinajstić information content (AvgIpc) is 3.15. The van der Waals surface area contributed by atoms with E-state index in [-0.39, 0.29) is 17.9 Å². The van der Waals surface area contributed by atoms with Gasteiger partial charge in [0.15, 0.2) is 0 Å². The second kappa shape index (κ2) is 6.69. The summed E-state index contributed by atoms with van der Waals surface area (Å²) >= 11 is 0. The normalized spacial score (nSPS) is 10.3. The predicted molar refractivity (Wildman–Crippen MR) is 83.6 cm³/mol. The number of hydrogen-bond acceptors (Lipinski definition) is 6. The minimum Gasteiger partial charge on any atom is -0.457 e. The molecular formula is C16H12N4O4. The maximum Gasteiger partial charge on any atom is 0.338 e. The largest absolute Gasteiger partial charge is 0.457 e. The molecule has 0 aliphatic heterocycles. The highest BCUT2D eigenvalue weighted by Gasteiger charge is 2.11. The molecule has 0 spiro atoms. The standard InChI is InChI=1S/C16H12N4O4/c21-16(13-2-4-14(5-3-13)20(22)23)24-10-12-1-6-15(18-9-12)19-8-7-17-11-19/h1-9,11H,10H2. The number of carbonyl (C=O) groups is 1. The van der Waals surface area contributed by atoms with Gasteiger partial charge in [0.2, 0.25) is 0 Å². The maximum atomic E-state index is 11.9. The van der Waals surface area contributed by atoms with Crippen LogP contribution in [-0.2, 0) is 11.3 Å². The Hall–Kier alpha value is -3.55. The molecule has 0 radical (unpaired) electrons. The molecule has 0 atom stereocenters. The Balaban J connectivity index is 1.60. The number of nitro groups is 1. The molecule has 0 saturated carbocycles. The molecule has 2 aromatic heterocycles. The van der Waals surface area contributed by atoms with Gasteiger partial charge in [0.25, 0.3) is 5.69 Å². The van der Waals surface area contributed by atoms with E-state index in [1.807, 2.05) is 0 Å². The minimum atomic E-state index is -0.552. The summed E-state index contributed by atoms with van der Waals surface area (Å²) in [6.07, 6.45) is 6.67. The van der Waals surface area contributed by atoms with Crippen LogP contribution >= 0.6 is 0 Å². The zero-order valence-corrected chi connectivity index (χ0v) is 12.4. The van der Waals surface area contributed by atoms with Crippen LogP contribution in [0.15, 0.2) is 61.3 Å². The topological polar surface area (TPSA) is 100 Å². The van der Waals surface area contributed by atoms with Gasteiger partial charge in [-0.1, -0.05) is 6.07 Å². The van der Waals surface area contributed by atoms with Crippen LogP contribution in [-0.4, -0.2) is 25.4 Å². The Labute approximate surface area is 136 Å². The fraction of sp³-hybridized carbons (Fsp3) is 0.0625. The van der Waals surface area contributed by atoms with Gasteiger partial charge in [0.05, 0.1) is 10.5 Å². The molecule has 3 rings (SSSR count). The zero-order chi connectivity index (χ0) is 16.9. The molecule has 0 aliphatic rings. The summed E-state index contributed by atoms with van der Waals surface area (Å²) in [5.41, 5.74) is 0.906.